The first kappa shape index (κ1) is 18.4. The number of fused-ring (bicyclic) bond motifs is 5. The van der Waals surface area contributed by atoms with Gasteiger partial charge in [0.25, 0.3) is 0 Å². The monoisotopic (exact) mass is 362 g/mol. The zero-order valence-electron chi connectivity index (χ0n) is 16.3. The van der Waals surface area contributed by atoms with Crippen LogP contribution in [0.2, 0.25) is 0 Å². The third kappa shape index (κ3) is 2.82. The molecule has 0 bridgehead atoms. The highest BCUT2D eigenvalue weighted by atomic mass is 16.6. The van der Waals surface area contributed by atoms with E-state index in [-0.39, 0.29) is 11.5 Å². The smallest absolute Gasteiger partial charge is 0.139 e. The summed E-state index contributed by atoms with van der Waals surface area (Å²) in [4.78, 5) is 17.9. The first-order valence-electron chi connectivity index (χ1n) is 10.5. The number of carbonyl (C=O) groups excluding carboxylic acids is 1. The molecule has 0 spiro atoms. The second-order valence-corrected chi connectivity index (χ2v) is 9.44. The Bertz CT molecular complexity index is 592. The fourth-order valence-electron chi connectivity index (χ4n) is 6.56. The van der Waals surface area contributed by atoms with E-state index in [1.165, 1.54) is 5.71 Å². The van der Waals surface area contributed by atoms with Gasteiger partial charge in [-0.2, -0.15) is 0 Å². The van der Waals surface area contributed by atoms with Crippen molar-refractivity contribution in [3.05, 3.63) is 0 Å². The molecule has 0 aromatic heterocycles. The van der Waals surface area contributed by atoms with Gasteiger partial charge in [0, 0.05) is 25.0 Å². The lowest BCUT2D eigenvalue weighted by atomic mass is 9.52. The molecule has 1 saturated heterocycles. The number of oxime groups is 1. The molecule has 3 aliphatic carbocycles. The lowest BCUT2D eigenvalue weighted by Crippen LogP contribution is -2.52. The molecule has 5 nitrogen and oxygen atoms in total. The molecule has 5 heteroatoms. The van der Waals surface area contributed by atoms with Crippen molar-refractivity contribution in [1.29, 1.82) is 0 Å². The minimum absolute atomic E-state index is 0.130. The number of nitrogens with zero attached hydrogens (tertiary/aromatic N) is 1. The zero-order valence-corrected chi connectivity index (χ0v) is 16.3. The molecule has 146 valence electrons. The average Bonchev–Trinajstić information content (AvgIpc) is 2.84. The highest BCUT2D eigenvalue weighted by Crippen LogP contribution is 2.60. The van der Waals surface area contributed by atoms with Gasteiger partial charge < -0.3 is 15.3 Å². The van der Waals surface area contributed by atoms with Crippen molar-refractivity contribution < 1.29 is 14.4 Å². The van der Waals surface area contributed by atoms with E-state index in [9.17, 15) is 4.79 Å². The van der Waals surface area contributed by atoms with Gasteiger partial charge in [-0.3, -0.25) is 4.79 Å². The van der Waals surface area contributed by atoms with Crippen LogP contribution in [0.5, 0.6) is 0 Å². The van der Waals surface area contributed by atoms with Gasteiger partial charge in [0.15, 0.2) is 0 Å². The van der Waals surface area contributed by atoms with Crippen molar-refractivity contribution in [3.8, 4) is 0 Å². The minimum atomic E-state index is -0.130. The topological polar surface area (TPSA) is 73.9 Å². The van der Waals surface area contributed by atoms with Crippen LogP contribution in [-0.4, -0.2) is 37.4 Å². The quantitative estimate of drug-likeness (QED) is 0.617. The van der Waals surface area contributed by atoms with Crippen LogP contribution in [0.3, 0.4) is 0 Å². The molecule has 3 saturated carbocycles. The van der Waals surface area contributed by atoms with Crippen LogP contribution < -0.4 is 5.73 Å². The van der Waals surface area contributed by atoms with E-state index in [1.807, 2.05) is 0 Å². The lowest BCUT2D eigenvalue weighted by Gasteiger charge is -2.53. The summed E-state index contributed by atoms with van der Waals surface area (Å²) < 4.78 is 6.49. The predicted molar refractivity (Wildman–Crippen MR) is 101 cm³/mol. The number of nitrogens with two attached hydrogens (primary N) is 1. The van der Waals surface area contributed by atoms with Crippen molar-refractivity contribution in [3.63, 3.8) is 0 Å². The Labute approximate surface area is 157 Å². The maximum atomic E-state index is 12.5. The van der Waals surface area contributed by atoms with E-state index in [0.29, 0.717) is 42.1 Å². The summed E-state index contributed by atoms with van der Waals surface area (Å²) in [5.74, 6) is 2.08. The van der Waals surface area contributed by atoms with Crippen molar-refractivity contribution in [1.82, 2.24) is 0 Å². The second kappa shape index (κ2) is 6.90. The molecule has 0 radical (unpaired) electrons. The fraction of sp³-hybridized carbons (Fsp3) is 0.905. The molecule has 1 aliphatic heterocycles. The van der Waals surface area contributed by atoms with Gasteiger partial charge in [-0.25, -0.2) is 0 Å². The number of hydrogen-bond acceptors (Lipinski definition) is 5. The molecular formula is C21H34N2O3. The van der Waals surface area contributed by atoms with Gasteiger partial charge in [-0.05, 0) is 68.1 Å². The summed E-state index contributed by atoms with van der Waals surface area (Å²) in [6.45, 7) is 6.51. The highest BCUT2D eigenvalue weighted by molar-refractivity contribution is 5.87. The van der Waals surface area contributed by atoms with Crippen LogP contribution in [-0.2, 0) is 14.4 Å². The molecule has 4 rings (SSSR count). The second-order valence-electron chi connectivity index (χ2n) is 9.44. The number of ketones is 1. The van der Waals surface area contributed by atoms with Crippen LogP contribution in [0.15, 0.2) is 5.16 Å². The van der Waals surface area contributed by atoms with Crippen LogP contribution >= 0.6 is 0 Å². The molecule has 4 fully saturated rings. The maximum absolute atomic E-state index is 12.5. The third-order valence-corrected chi connectivity index (χ3v) is 8.30. The number of Topliss-reactive ketones (excluding diaryl/α,β-unsaturated/α-hetero) is 1. The number of hydrogen-bond donors (Lipinski definition) is 1. The van der Waals surface area contributed by atoms with Crippen LogP contribution in [0.4, 0.5) is 0 Å². The molecule has 4 aliphatic rings. The first-order chi connectivity index (χ1) is 12.5. The summed E-state index contributed by atoms with van der Waals surface area (Å²) in [5, 5.41) is 4.36. The maximum Gasteiger partial charge on any atom is 0.139 e. The van der Waals surface area contributed by atoms with Gasteiger partial charge >= 0.3 is 0 Å². The average molecular weight is 363 g/mol. The van der Waals surface area contributed by atoms with Crippen molar-refractivity contribution >= 4 is 11.5 Å². The number of rotatable bonds is 3. The van der Waals surface area contributed by atoms with Crippen LogP contribution in [0.25, 0.3) is 0 Å². The van der Waals surface area contributed by atoms with Crippen molar-refractivity contribution in [2.24, 2.45) is 39.5 Å². The predicted octanol–water partition coefficient (Wildman–Crippen LogP) is 3.31. The first-order valence-corrected chi connectivity index (χ1v) is 10.5. The van der Waals surface area contributed by atoms with Crippen LogP contribution in [0.1, 0.15) is 65.2 Å². The van der Waals surface area contributed by atoms with Gasteiger partial charge in [-0.1, -0.05) is 19.0 Å². The molecule has 0 aromatic rings. The molecule has 2 N–H and O–H groups in total. The Kier molecular flexibility index (Phi) is 4.89. The largest absolute Gasteiger partial charge is 0.395 e. The molecule has 0 aromatic carbocycles. The van der Waals surface area contributed by atoms with E-state index >= 15 is 0 Å². The Morgan fingerprint density at radius 3 is 2.85 bits per heavy atom. The van der Waals surface area contributed by atoms with Gasteiger partial charge in [0.1, 0.15) is 12.4 Å². The Morgan fingerprint density at radius 2 is 2.04 bits per heavy atom. The fourth-order valence-corrected chi connectivity index (χ4v) is 6.56. The SMILES string of the molecule is C[C@]12CC/C(=N/OCCN)CC1CCO[C@@H]1[C@@H]2CC[C@]2(C)C(=O)CC[C@@H]12. The van der Waals surface area contributed by atoms with Crippen LogP contribution in [0, 0.1) is 28.6 Å². The Hall–Kier alpha value is -0.940. The van der Waals surface area contributed by atoms with E-state index in [1.54, 1.807) is 0 Å². The normalized spacial score (nSPS) is 47.0. The summed E-state index contributed by atoms with van der Waals surface area (Å²) in [6, 6.07) is 0. The Balaban J connectivity index is 1.55. The summed E-state index contributed by atoms with van der Waals surface area (Å²) in [6.07, 6.45) is 8.51. The molecule has 0 amide bonds. The van der Waals surface area contributed by atoms with Crippen molar-refractivity contribution in [2.45, 2.75) is 71.3 Å². The molecular weight excluding hydrogens is 328 g/mol. The van der Waals surface area contributed by atoms with Gasteiger partial charge in [0.2, 0.25) is 0 Å². The van der Waals surface area contributed by atoms with Gasteiger partial charge in [0.05, 0.1) is 11.8 Å². The Morgan fingerprint density at radius 1 is 1.19 bits per heavy atom. The number of ether oxygens (including phenoxy) is 1. The number of carbonyl (C=O) groups is 1. The summed E-state index contributed by atoms with van der Waals surface area (Å²) in [5.41, 5.74) is 6.85. The van der Waals surface area contributed by atoms with Gasteiger partial charge in [-0.15, -0.1) is 0 Å². The lowest BCUT2D eigenvalue weighted by molar-refractivity contribution is -0.142. The zero-order chi connectivity index (χ0) is 18.4. The molecule has 1 unspecified atom stereocenters. The van der Waals surface area contributed by atoms with E-state index in [2.05, 4.69) is 19.0 Å². The summed E-state index contributed by atoms with van der Waals surface area (Å²) >= 11 is 0. The highest BCUT2D eigenvalue weighted by Gasteiger charge is 2.59. The van der Waals surface area contributed by atoms with Crippen molar-refractivity contribution in [2.75, 3.05) is 19.8 Å². The van der Waals surface area contributed by atoms with E-state index < -0.39 is 0 Å². The van der Waals surface area contributed by atoms with E-state index in [4.69, 9.17) is 15.3 Å². The third-order valence-electron chi connectivity index (χ3n) is 8.30. The standard InChI is InChI=1S/C21H34N2O3/c1-20-8-5-15(23-26-12-10-22)13-14(20)7-11-25-19-16-3-4-18(24)21(16,2)9-6-17(19)20/h14,16-17,19H,3-13,22H2,1-2H3/b23-15-/t14?,16-,17-,19-,20-,21-/m0/s1. The minimum Gasteiger partial charge on any atom is -0.395 e. The molecule has 6 atom stereocenters. The van der Waals surface area contributed by atoms with E-state index in [0.717, 1.165) is 58.0 Å². The molecule has 26 heavy (non-hydrogen) atoms. The molecule has 1 heterocycles. The summed E-state index contributed by atoms with van der Waals surface area (Å²) in [7, 11) is 0.